The first-order chi connectivity index (χ1) is 18.2. The fourth-order valence-electron chi connectivity index (χ4n) is 4.63. The molecule has 1 aliphatic rings. The normalized spacial score (nSPS) is 16.1. The Morgan fingerprint density at radius 1 is 1.13 bits per heavy atom. The minimum atomic E-state index is 0.516. The Morgan fingerprint density at radius 3 is 2.32 bits per heavy atom. The highest BCUT2D eigenvalue weighted by Gasteiger charge is 2.22. The minimum Gasteiger partial charge on any atom is -0.388 e. The summed E-state index contributed by atoms with van der Waals surface area (Å²) in [6.45, 7) is 30.2. The van der Waals surface area contributed by atoms with E-state index in [1.54, 1.807) is 0 Å². The van der Waals surface area contributed by atoms with Gasteiger partial charge in [-0.15, -0.1) is 6.58 Å². The molecule has 0 radical (unpaired) electrons. The molecule has 0 spiro atoms. The van der Waals surface area contributed by atoms with E-state index < -0.39 is 0 Å². The second kappa shape index (κ2) is 17.5. The van der Waals surface area contributed by atoms with Crippen LogP contribution in [0.4, 0.5) is 0 Å². The van der Waals surface area contributed by atoms with E-state index in [1.165, 1.54) is 29.7 Å². The fourth-order valence-corrected chi connectivity index (χ4v) is 4.63. The molecule has 0 aromatic heterocycles. The Balaban J connectivity index is 0.00000352. The van der Waals surface area contributed by atoms with Crippen molar-refractivity contribution in [2.24, 2.45) is 16.8 Å². The summed E-state index contributed by atoms with van der Waals surface area (Å²) in [5.74, 6) is 1.18. The average Bonchev–Trinajstić information content (AvgIpc) is 2.92. The van der Waals surface area contributed by atoms with Gasteiger partial charge in [0.2, 0.25) is 0 Å². The molecule has 1 fully saturated rings. The van der Waals surface area contributed by atoms with Gasteiger partial charge in [0.25, 0.3) is 0 Å². The molecular weight excluding hydrogens is 464 g/mol. The van der Waals surface area contributed by atoms with E-state index in [0.717, 1.165) is 60.8 Å². The van der Waals surface area contributed by atoms with Crippen LogP contribution >= 0.6 is 0 Å². The van der Waals surface area contributed by atoms with E-state index in [0.29, 0.717) is 11.8 Å². The fraction of sp³-hybridized carbons (Fsp3) is 0.500. The zero-order valence-electron chi connectivity index (χ0n) is 25.6. The quantitative estimate of drug-likeness (QED) is 0.157. The monoisotopic (exact) mass is 518 g/mol. The molecule has 1 aromatic rings. The Labute approximate surface area is 234 Å². The van der Waals surface area contributed by atoms with Gasteiger partial charge in [0.05, 0.1) is 17.1 Å². The minimum absolute atomic E-state index is 0.516. The largest absolute Gasteiger partial charge is 0.388 e. The molecule has 0 saturated carbocycles. The second-order valence-electron chi connectivity index (χ2n) is 10.3. The zero-order valence-corrected chi connectivity index (χ0v) is 25.6. The zero-order chi connectivity index (χ0) is 28.7. The maximum atomic E-state index is 4.98. The van der Waals surface area contributed by atoms with Crippen LogP contribution in [0, 0.1) is 18.8 Å². The molecule has 1 heterocycles. The molecule has 2 N–H and O–H groups in total. The predicted molar refractivity (Wildman–Crippen MR) is 169 cm³/mol. The van der Waals surface area contributed by atoms with Gasteiger partial charge < -0.3 is 15.5 Å². The number of likely N-dealkylation sites (tertiary alicyclic amines) is 1. The van der Waals surface area contributed by atoms with Gasteiger partial charge in [-0.3, -0.25) is 4.99 Å². The summed E-state index contributed by atoms with van der Waals surface area (Å²) in [5.41, 5.74) is 8.85. The number of aliphatic imine (C=N–C) groups is 1. The smallest absolute Gasteiger partial charge is 0.0725 e. The van der Waals surface area contributed by atoms with Crippen LogP contribution in [0.5, 0.6) is 0 Å². The average molecular weight is 519 g/mol. The highest BCUT2D eigenvalue weighted by Crippen LogP contribution is 2.26. The molecule has 4 nitrogen and oxygen atoms in total. The number of benzene rings is 1. The summed E-state index contributed by atoms with van der Waals surface area (Å²) in [5, 5.41) is 6.86. The highest BCUT2D eigenvalue weighted by molar-refractivity contribution is 6.10. The van der Waals surface area contributed by atoms with Crippen molar-refractivity contribution in [3.8, 4) is 0 Å². The number of nitrogens with one attached hydrogen (secondary N) is 2. The van der Waals surface area contributed by atoms with Crippen LogP contribution in [0.3, 0.4) is 0 Å². The summed E-state index contributed by atoms with van der Waals surface area (Å²) >= 11 is 0. The maximum Gasteiger partial charge on any atom is 0.0725 e. The first-order valence-electron chi connectivity index (χ1n) is 14.3. The van der Waals surface area contributed by atoms with Crippen LogP contribution in [-0.2, 0) is 0 Å². The number of piperidine rings is 1. The molecular formula is C34H54N4. The Hall–Kier alpha value is -3.01. The molecule has 1 aromatic carbocycles. The molecule has 210 valence electrons. The molecule has 1 saturated heterocycles. The molecule has 1 aliphatic heterocycles. The van der Waals surface area contributed by atoms with Crippen molar-refractivity contribution in [3.63, 3.8) is 0 Å². The van der Waals surface area contributed by atoms with Crippen LogP contribution < -0.4 is 10.6 Å². The van der Waals surface area contributed by atoms with Gasteiger partial charge >= 0.3 is 0 Å². The lowest BCUT2D eigenvalue weighted by Gasteiger charge is -2.37. The number of aryl methyl sites for hydroxylation is 1. The standard InChI is InChI=1S/C32H48N4.C2H6/c1-10-31(33-9)27(7)35-32(30-14-12-11-13-25(30)5)21-26(6)34-22-29-17-19-36(20-18-29)28(8)24(4)16-15-23(2)3;1-2/h10-14,21,24,29,33-34H,1-2,8,15-20,22H2,3-7,9H3;1-2H3/b26-21+,31-27-,35-32+;. The lowest BCUT2D eigenvalue weighted by molar-refractivity contribution is 0.207. The van der Waals surface area contributed by atoms with Gasteiger partial charge in [0, 0.05) is 43.6 Å². The third kappa shape index (κ3) is 10.8. The molecule has 2 rings (SSSR count). The number of nitrogens with zero attached hydrogens (tertiary/aromatic N) is 2. The number of allylic oxidation sites excluding steroid dienone is 6. The number of hydrogen-bond donors (Lipinski definition) is 2. The molecule has 0 amide bonds. The van der Waals surface area contributed by atoms with E-state index >= 15 is 0 Å². The summed E-state index contributed by atoms with van der Waals surface area (Å²) in [6, 6.07) is 8.41. The second-order valence-corrected chi connectivity index (χ2v) is 10.3. The van der Waals surface area contributed by atoms with Gasteiger partial charge in [0.1, 0.15) is 0 Å². The van der Waals surface area contributed by atoms with Crippen LogP contribution in [0.1, 0.15) is 78.4 Å². The molecule has 1 atom stereocenters. The molecule has 38 heavy (non-hydrogen) atoms. The van der Waals surface area contributed by atoms with Crippen LogP contribution in [0.2, 0.25) is 0 Å². The highest BCUT2D eigenvalue weighted by atomic mass is 15.1. The molecule has 1 unspecified atom stereocenters. The van der Waals surface area contributed by atoms with E-state index in [9.17, 15) is 0 Å². The van der Waals surface area contributed by atoms with Gasteiger partial charge in [-0.05, 0) is 82.9 Å². The van der Waals surface area contributed by atoms with E-state index in [4.69, 9.17) is 4.99 Å². The maximum absolute atomic E-state index is 4.98. The van der Waals surface area contributed by atoms with Crippen molar-refractivity contribution in [1.82, 2.24) is 15.5 Å². The lowest BCUT2D eigenvalue weighted by Crippen LogP contribution is -2.37. The number of likely N-dealkylation sites (N-methyl/N-ethyl adjacent to an activating group) is 1. The lowest BCUT2D eigenvalue weighted by atomic mass is 9.93. The van der Waals surface area contributed by atoms with Crippen molar-refractivity contribution in [3.05, 3.63) is 95.6 Å². The van der Waals surface area contributed by atoms with Crippen LogP contribution in [0.25, 0.3) is 0 Å². The first-order valence-corrected chi connectivity index (χ1v) is 14.3. The van der Waals surface area contributed by atoms with E-state index in [-0.39, 0.29) is 0 Å². The summed E-state index contributed by atoms with van der Waals surface area (Å²) < 4.78 is 0. The molecule has 0 bridgehead atoms. The summed E-state index contributed by atoms with van der Waals surface area (Å²) in [7, 11) is 1.90. The van der Waals surface area contributed by atoms with Gasteiger partial charge in [-0.1, -0.05) is 63.8 Å². The van der Waals surface area contributed by atoms with Gasteiger partial charge in [0.15, 0.2) is 0 Å². The van der Waals surface area contributed by atoms with Gasteiger partial charge in [-0.25, -0.2) is 0 Å². The summed E-state index contributed by atoms with van der Waals surface area (Å²) in [4.78, 5) is 7.48. The molecule has 4 heteroatoms. The predicted octanol–water partition coefficient (Wildman–Crippen LogP) is 8.16. The van der Waals surface area contributed by atoms with Crippen LogP contribution in [-0.4, -0.2) is 37.3 Å². The van der Waals surface area contributed by atoms with E-state index in [1.807, 2.05) is 33.9 Å². The van der Waals surface area contributed by atoms with Crippen molar-refractivity contribution in [2.45, 2.75) is 74.1 Å². The third-order valence-electron chi connectivity index (χ3n) is 7.19. The van der Waals surface area contributed by atoms with Gasteiger partial charge in [-0.2, -0.15) is 0 Å². The Morgan fingerprint density at radius 2 is 1.76 bits per heavy atom. The Bertz CT molecular complexity index is 1000. The number of hydrogen-bond acceptors (Lipinski definition) is 4. The van der Waals surface area contributed by atoms with Crippen LogP contribution in [0.15, 0.2) is 89.5 Å². The van der Waals surface area contributed by atoms with Crippen molar-refractivity contribution in [2.75, 3.05) is 26.7 Å². The Kier molecular flexibility index (Phi) is 15.2. The van der Waals surface area contributed by atoms with Crippen molar-refractivity contribution >= 4 is 5.71 Å². The van der Waals surface area contributed by atoms with Crippen molar-refractivity contribution < 1.29 is 0 Å². The summed E-state index contributed by atoms with van der Waals surface area (Å²) in [6.07, 6.45) is 8.59. The van der Waals surface area contributed by atoms with Crippen molar-refractivity contribution in [1.29, 1.82) is 0 Å². The topological polar surface area (TPSA) is 39.7 Å². The SMILES string of the molecule is C=C/C(NC)=C(C)/N=C(\C=C(/C)NCC1CCN(C(=C)C(C)CCC(=C)C)CC1)c1ccccc1C.CC. The molecule has 0 aliphatic carbocycles. The third-order valence-corrected chi connectivity index (χ3v) is 7.19. The van der Waals surface area contributed by atoms with E-state index in [2.05, 4.69) is 93.3 Å². The number of rotatable bonds is 13. The first kappa shape index (κ1) is 33.0.